The van der Waals surface area contributed by atoms with Crippen molar-refractivity contribution in [3.8, 4) is 28.6 Å². The van der Waals surface area contributed by atoms with Crippen molar-refractivity contribution >= 4 is 5.91 Å². The second-order valence-corrected chi connectivity index (χ2v) is 6.91. The number of aromatic nitrogens is 2. The fourth-order valence-electron chi connectivity index (χ4n) is 3.63. The Balaban J connectivity index is 1.56. The first kappa shape index (κ1) is 19.8. The minimum Gasteiger partial charge on any atom is -0.497 e. The first-order chi connectivity index (χ1) is 14.6. The average Bonchev–Trinajstić information content (AvgIpc) is 3.47. The van der Waals surface area contributed by atoms with Crippen LogP contribution in [-0.4, -0.2) is 48.8 Å². The monoisotopic (exact) mass is 409 g/mol. The molecule has 0 spiro atoms. The minimum absolute atomic E-state index is 0.109. The van der Waals surface area contributed by atoms with E-state index in [0.717, 1.165) is 24.2 Å². The van der Waals surface area contributed by atoms with Gasteiger partial charge in [-0.05, 0) is 55.3 Å². The zero-order chi connectivity index (χ0) is 21.1. The molecule has 1 unspecified atom stereocenters. The summed E-state index contributed by atoms with van der Waals surface area (Å²) in [5.74, 6) is 2.66. The molecular weight excluding hydrogens is 386 g/mol. The Hall–Kier alpha value is -3.55. The molecule has 4 rings (SSSR count). The van der Waals surface area contributed by atoms with Crippen LogP contribution >= 0.6 is 0 Å². The maximum absolute atomic E-state index is 13.2. The van der Waals surface area contributed by atoms with Crippen molar-refractivity contribution in [3.05, 3.63) is 53.9 Å². The molecule has 0 radical (unpaired) electrons. The molecule has 1 amide bonds. The molecule has 8 heteroatoms. The maximum atomic E-state index is 13.2. The van der Waals surface area contributed by atoms with Crippen LogP contribution < -0.4 is 14.2 Å². The summed E-state index contributed by atoms with van der Waals surface area (Å²) in [5.41, 5.74) is 1.34. The second kappa shape index (κ2) is 8.44. The first-order valence-electron chi connectivity index (χ1n) is 9.65. The van der Waals surface area contributed by atoms with Gasteiger partial charge in [0.1, 0.15) is 11.8 Å². The Labute approximate surface area is 174 Å². The van der Waals surface area contributed by atoms with Gasteiger partial charge in [0.05, 0.1) is 21.3 Å². The molecule has 2 aromatic carbocycles. The first-order valence-corrected chi connectivity index (χ1v) is 9.65. The van der Waals surface area contributed by atoms with Gasteiger partial charge in [0.2, 0.25) is 11.7 Å². The predicted octanol–water partition coefficient (Wildman–Crippen LogP) is 3.74. The molecule has 1 aromatic heterocycles. The highest BCUT2D eigenvalue weighted by molar-refractivity contribution is 5.95. The van der Waals surface area contributed by atoms with Crippen molar-refractivity contribution in [1.29, 1.82) is 0 Å². The van der Waals surface area contributed by atoms with E-state index >= 15 is 0 Å². The normalized spacial score (nSPS) is 15.8. The molecule has 3 aromatic rings. The van der Waals surface area contributed by atoms with Crippen LogP contribution in [0.1, 0.15) is 35.1 Å². The number of likely N-dealkylation sites (tertiary alicyclic amines) is 1. The van der Waals surface area contributed by atoms with Crippen LogP contribution in [0.3, 0.4) is 0 Å². The summed E-state index contributed by atoms with van der Waals surface area (Å²) >= 11 is 0. The fraction of sp³-hybridized carbons (Fsp3) is 0.318. The van der Waals surface area contributed by atoms with Gasteiger partial charge in [0, 0.05) is 17.7 Å². The van der Waals surface area contributed by atoms with Crippen molar-refractivity contribution < 1.29 is 23.5 Å². The van der Waals surface area contributed by atoms with E-state index in [2.05, 4.69) is 10.1 Å². The van der Waals surface area contributed by atoms with E-state index < -0.39 is 0 Å². The van der Waals surface area contributed by atoms with E-state index in [1.54, 1.807) is 44.4 Å². The maximum Gasteiger partial charge on any atom is 0.254 e. The number of ether oxygens (including phenoxy) is 3. The Bertz CT molecular complexity index is 1030. The Morgan fingerprint density at radius 1 is 1.03 bits per heavy atom. The summed E-state index contributed by atoms with van der Waals surface area (Å²) in [6.07, 6.45) is 1.63. The van der Waals surface area contributed by atoms with Crippen molar-refractivity contribution in [3.63, 3.8) is 0 Å². The quantitative estimate of drug-likeness (QED) is 0.613. The Kier molecular flexibility index (Phi) is 5.56. The van der Waals surface area contributed by atoms with Gasteiger partial charge in [0.15, 0.2) is 11.5 Å². The molecule has 1 saturated heterocycles. The average molecular weight is 409 g/mol. The van der Waals surface area contributed by atoms with Gasteiger partial charge in [-0.1, -0.05) is 5.16 Å². The number of benzene rings is 2. The zero-order valence-electron chi connectivity index (χ0n) is 17.1. The van der Waals surface area contributed by atoms with E-state index in [1.807, 2.05) is 24.3 Å². The molecule has 1 aliphatic rings. The number of carbonyl (C=O) groups excluding carboxylic acids is 1. The van der Waals surface area contributed by atoms with E-state index in [4.69, 9.17) is 18.7 Å². The van der Waals surface area contributed by atoms with Gasteiger partial charge in [-0.3, -0.25) is 4.79 Å². The summed E-state index contributed by atoms with van der Waals surface area (Å²) in [7, 11) is 4.72. The van der Waals surface area contributed by atoms with Gasteiger partial charge < -0.3 is 23.6 Å². The number of nitrogens with zero attached hydrogens (tertiary/aromatic N) is 3. The predicted molar refractivity (Wildman–Crippen MR) is 109 cm³/mol. The summed E-state index contributed by atoms with van der Waals surface area (Å²) in [6, 6.07) is 12.3. The van der Waals surface area contributed by atoms with E-state index in [1.165, 1.54) is 0 Å². The molecule has 1 aliphatic heterocycles. The second-order valence-electron chi connectivity index (χ2n) is 6.91. The molecule has 0 N–H and O–H groups in total. The summed E-state index contributed by atoms with van der Waals surface area (Å²) in [6.45, 7) is 0.623. The molecule has 156 valence electrons. The van der Waals surface area contributed by atoms with Gasteiger partial charge >= 0.3 is 0 Å². The molecule has 1 atom stereocenters. The fourth-order valence-corrected chi connectivity index (χ4v) is 3.63. The largest absolute Gasteiger partial charge is 0.497 e. The minimum atomic E-state index is -0.259. The number of hydrogen-bond donors (Lipinski definition) is 0. The Morgan fingerprint density at radius 3 is 2.50 bits per heavy atom. The summed E-state index contributed by atoms with van der Waals surface area (Å²) < 4.78 is 21.3. The highest BCUT2D eigenvalue weighted by Crippen LogP contribution is 2.35. The van der Waals surface area contributed by atoms with E-state index in [9.17, 15) is 4.79 Å². The smallest absolute Gasteiger partial charge is 0.254 e. The van der Waals surface area contributed by atoms with Crippen molar-refractivity contribution in [2.24, 2.45) is 0 Å². The lowest BCUT2D eigenvalue weighted by atomic mass is 10.1. The number of carbonyl (C=O) groups is 1. The van der Waals surface area contributed by atoms with Gasteiger partial charge in [-0.15, -0.1) is 0 Å². The molecule has 2 heterocycles. The molecular formula is C22H23N3O5. The van der Waals surface area contributed by atoms with Crippen LogP contribution in [0.2, 0.25) is 0 Å². The standard InChI is InChI=1S/C22H23N3O5/c1-27-16-9-6-14(7-10-16)20-23-21(30-24-20)17-5-4-12-25(17)22(26)15-8-11-18(28-2)19(13-15)29-3/h6-11,13,17H,4-5,12H2,1-3H3. The number of amides is 1. The number of methoxy groups -OCH3 is 3. The van der Waals surface area contributed by atoms with Crippen LogP contribution in [0, 0.1) is 0 Å². The third kappa shape index (κ3) is 3.68. The van der Waals surface area contributed by atoms with Crippen LogP contribution in [0.5, 0.6) is 17.2 Å². The van der Waals surface area contributed by atoms with Crippen molar-refractivity contribution in [2.45, 2.75) is 18.9 Å². The molecule has 1 fully saturated rings. The lowest BCUT2D eigenvalue weighted by Gasteiger charge is -2.22. The lowest BCUT2D eigenvalue weighted by Crippen LogP contribution is -2.30. The van der Waals surface area contributed by atoms with Gasteiger partial charge in [-0.2, -0.15) is 4.98 Å². The highest BCUT2D eigenvalue weighted by Gasteiger charge is 2.35. The van der Waals surface area contributed by atoms with Crippen LogP contribution in [0.25, 0.3) is 11.4 Å². The summed E-state index contributed by atoms with van der Waals surface area (Å²) in [5, 5.41) is 4.10. The van der Waals surface area contributed by atoms with Crippen LogP contribution in [0.15, 0.2) is 47.0 Å². The molecule has 8 nitrogen and oxygen atoms in total. The SMILES string of the molecule is COc1ccc(-c2noc(C3CCCN3C(=O)c3ccc(OC)c(OC)c3)n2)cc1. The third-order valence-electron chi connectivity index (χ3n) is 5.22. The molecule has 0 aliphatic carbocycles. The van der Waals surface area contributed by atoms with Gasteiger partial charge in [-0.25, -0.2) is 0 Å². The molecule has 0 saturated carbocycles. The topological polar surface area (TPSA) is 86.9 Å². The zero-order valence-corrected chi connectivity index (χ0v) is 17.1. The highest BCUT2D eigenvalue weighted by atomic mass is 16.5. The van der Waals surface area contributed by atoms with Crippen molar-refractivity contribution in [1.82, 2.24) is 15.0 Å². The molecule has 0 bridgehead atoms. The lowest BCUT2D eigenvalue weighted by molar-refractivity contribution is 0.0709. The third-order valence-corrected chi connectivity index (χ3v) is 5.22. The van der Waals surface area contributed by atoms with Crippen LogP contribution in [-0.2, 0) is 0 Å². The molecule has 30 heavy (non-hydrogen) atoms. The van der Waals surface area contributed by atoms with E-state index in [-0.39, 0.29) is 11.9 Å². The Morgan fingerprint density at radius 2 is 1.80 bits per heavy atom. The van der Waals surface area contributed by atoms with E-state index in [0.29, 0.717) is 35.3 Å². The number of rotatable bonds is 6. The van der Waals surface area contributed by atoms with Crippen LogP contribution in [0.4, 0.5) is 0 Å². The van der Waals surface area contributed by atoms with Gasteiger partial charge in [0.25, 0.3) is 5.91 Å². The number of hydrogen-bond acceptors (Lipinski definition) is 7. The van der Waals surface area contributed by atoms with Crippen molar-refractivity contribution in [2.75, 3.05) is 27.9 Å². The summed E-state index contributed by atoms with van der Waals surface area (Å²) in [4.78, 5) is 19.5.